The van der Waals surface area contributed by atoms with E-state index < -0.39 is 6.04 Å². The molecule has 110 valence electrons. The third-order valence-electron chi connectivity index (χ3n) is 2.81. The molecule has 3 amide bonds. The summed E-state index contributed by atoms with van der Waals surface area (Å²) in [6.07, 6.45) is 0. The minimum atomic E-state index is -0.577. The molecule has 0 heterocycles. The van der Waals surface area contributed by atoms with Crippen LogP contribution in [0.3, 0.4) is 0 Å². The maximum absolute atomic E-state index is 11.8. The fraction of sp³-hybridized carbons (Fsp3) is 0.429. The molecule has 5 nitrogen and oxygen atoms in total. The number of urea groups is 1. The van der Waals surface area contributed by atoms with Crippen molar-refractivity contribution in [1.29, 1.82) is 0 Å². The Kier molecular flexibility index (Phi) is 6.31. The maximum atomic E-state index is 11.8. The molecule has 20 heavy (non-hydrogen) atoms. The van der Waals surface area contributed by atoms with Gasteiger partial charge in [0.1, 0.15) is 6.04 Å². The number of likely N-dealkylation sites (N-methyl/N-ethyl adjacent to an activating group) is 1. The second-order valence-electron chi connectivity index (χ2n) is 4.51. The summed E-state index contributed by atoms with van der Waals surface area (Å²) >= 11 is 5.81. The lowest BCUT2D eigenvalue weighted by Crippen LogP contribution is -2.48. The molecule has 3 N–H and O–H groups in total. The first-order valence-electron chi connectivity index (χ1n) is 6.54. The molecule has 0 aliphatic heterocycles. The monoisotopic (exact) mass is 297 g/mol. The van der Waals surface area contributed by atoms with Crippen LogP contribution in [0.25, 0.3) is 0 Å². The van der Waals surface area contributed by atoms with Crippen LogP contribution in [-0.4, -0.2) is 24.5 Å². The number of carbonyl (C=O) groups excluding carboxylic acids is 2. The first-order valence-corrected chi connectivity index (χ1v) is 6.92. The van der Waals surface area contributed by atoms with Crippen LogP contribution >= 0.6 is 11.6 Å². The number of hydrogen-bond acceptors (Lipinski definition) is 2. The van der Waals surface area contributed by atoms with Crippen molar-refractivity contribution in [3.8, 4) is 0 Å². The summed E-state index contributed by atoms with van der Waals surface area (Å²) in [7, 11) is 0. The van der Waals surface area contributed by atoms with E-state index in [1.807, 2.05) is 26.0 Å². The average molecular weight is 298 g/mol. The van der Waals surface area contributed by atoms with E-state index in [9.17, 15) is 9.59 Å². The van der Waals surface area contributed by atoms with Gasteiger partial charge in [-0.3, -0.25) is 4.79 Å². The Morgan fingerprint density at radius 3 is 2.30 bits per heavy atom. The van der Waals surface area contributed by atoms with E-state index in [2.05, 4.69) is 16.0 Å². The zero-order valence-electron chi connectivity index (χ0n) is 11.9. The van der Waals surface area contributed by atoms with E-state index in [-0.39, 0.29) is 18.0 Å². The summed E-state index contributed by atoms with van der Waals surface area (Å²) in [6.45, 7) is 5.86. The molecule has 0 aromatic heterocycles. The molecule has 1 aromatic rings. The van der Waals surface area contributed by atoms with Crippen LogP contribution in [0.4, 0.5) is 4.79 Å². The zero-order chi connectivity index (χ0) is 15.1. The molecule has 0 saturated heterocycles. The van der Waals surface area contributed by atoms with Crippen LogP contribution in [-0.2, 0) is 4.79 Å². The Morgan fingerprint density at radius 1 is 1.15 bits per heavy atom. The van der Waals surface area contributed by atoms with Gasteiger partial charge in [-0.05, 0) is 38.5 Å². The molecule has 0 fully saturated rings. The van der Waals surface area contributed by atoms with Crippen LogP contribution in [0.1, 0.15) is 32.4 Å². The highest BCUT2D eigenvalue weighted by Crippen LogP contribution is 2.15. The Labute approximate surface area is 124 Å². The number of benzene rings is 1. The summed E-state index contributed by atoms with van der Waals surface area (Å²) in [5, 5.41) is 8.65. The van der Waals surface area contributed by atoms with Crippen LogP contribution in [0.2, 0.25) is 5.02 Å². The first kappa shape index (κ1) is 16.3. The van der Waals surface area contributed by atoms with E-state index >= 15 is 0 Å². The second kappa shape index (κ2) is 7.75. The van der Waals surface area contributed by atoms with E-state index in [0.717, 1.165) is 5.56 Å². The van der Waals surface area contributed by atoms with E-state index in [4.69, 9.17) is 11.6 Å². The van der Waals surface area contributed by atoms with Gasteiger partial charge >= 0.3 is 6.03 Å². The predicted octanol–water partition coefficient (Wildman–Crippen LogP) is 2.22. The summed E-state index contributed by atoms with van der Waals surface area (Å²) in [6, 6.07) is 6.10. The summed E-state index contributed by atoms with van der Waals surface area (Å²) < 4.78 is 0. The van der Waals surface area contributed by atoms with Crippen LogP contribution in [0, 0.1) is 0 Å². The van der Waals surface area contributed by atoms with Gasteiger partial charge in [0.15, 0.2) is 0 Å². The van der Waals surface area contributed by atoms with Gasteiger partial charge in [0.25, 0.3) is 0 Å². The number of hydrogen-bond donors (Lipinski definition) is 3. The summed E-state index contributed by atoms with van der Waals surface area (Å²) in [5.41, 5.74) is 0.940. The number of halogens is 1. The van der Waals surface area contributed by atoms with Crippen molar-refractivity contribution >= 4 is 23.5 Å². The Balaban J connectivity index is 2.49. The molecule has 0 unspecified atom stereocenters. The number of amides is 3. The number of rotatable bonds is 5. The van der Waals surface area contributed by atoms with Gasteiger partial charge in [0.2, 0.25) is 5.91 Å². The van der Waals surface area contributed by atoms with Crippen LogP contribution < -0.4 is 16.0 Å². The molecule has 0 radical (unpaired) electrons. The minimum absolute atomic E-state index is 0.172. The van der Waals surface area contributed by atoms with Crippen molar-refractivity contribution in [1.82, 2.24) is 16.0 Å². The van der Waals surface area contributed by atoms with Gasteiger partial charge in [-0.15, -0.1) is 0 Å². The molecule has 0 spiro atoms. The van der Waals surface area contributed by atoms with Crippen molar-refractivity contribution in [2.24, 2.45) is 0 Å². The molecule has 6 heteroatoms. The first-order chi connectivity index (χ1) is 9.43. The van der Waals surface area contributed by atoms with Crippen LogP contribution in [0.5, 0.6) is 0 Å². The van der Waals surface area contributed by atoms with Crippen LogP contribution in [0.15, 0.2) is 24.3 Å². The Morgan fingerprint density at radius 2 is 1.75 bits per heavy atom. The second-order valence-corrected chi connectivity index (χ2v) is 4.94. The van der Waals surface area contributed by atoms with E-state index in [1.54, 1.807) is 19.1 Å². The molecule has 2 atom stereocenters. The smallest absolute Gasteiger partial charge is 0.315 e. The fourth-order valence-electron chi connectivity index (χ4n) is 1.66. The molecular formula is C14H20ClN3O2. The topological polar surface area (TPSA) is 70.2 Å². The molecule has 0 aliphatic rings. The van der Waals surface area contributed by atoms with Gasteiger partial charge in [-0.2, -0.15) is 0 Å². The van der Waals surface area contributed by atoms with Gasteiger partial charge in [0, 0.05) is 11.6 Å². The van der Waals surface area contributed by atoms with Crippen molar-refractivity contribution < 1.29 is 9.59 Å². The third-order valence-corrected chi connectivity index (χ3v) is 3.06. The van der Waals surface area contributed by atoms with Crippen molar-refractivity contribution in [3.05, 3.63) is 34.9 Å². The normalized spacial score (nSPS) is 13.2. The molecule has 1 aromatic carbocycles. The third kappa shape index (κ3) is 5.09. The predicted molar refractivity (Wildman–Crippen MR) is 79.7 cm³/mol. The summed E-state index contributed by atoms with van der Waals surface area (Å²) in [4.78, 5) is 23.3. The van der Waals surface area contributed by atoms with Gasteiger partial charge in [-0.1, -0.05) is 23.7 Å². The number of carbonyl (C=O) groups is 2. The van der Waals surface area contributed by atoms with Crippen molar-refractivity contribution in [3.63, 3.8) is 0 Å². The fourth-order valence-corrected chi connectivity index (χ4v) is 1.79. The lowest BCUT2D eigenvalue weighted by atomic mass is 10.1. The van der Waals surface area contributed by atoms with E-state index in [0.29, 0.717) is 11.6 Å². The number of nitrogens with one attached hydrogen (secondary N) is 3. The largest absolute Gasteiger partial charge is 0.355 e. The SMILES string of the molecule is CCNC(=O)[C@H](C)NC(=O)N[C@@H](C)c1ccc(Cl)cc1. The van der Waals surface area contributed by atoms with Crippen molar-refractivity contribution in [2.75, 3.05) is 6.54 Å². The maximum Gasteiger partial charge on any atom is 0.315 e. The highest BCUT2D eigenvalue weighted by molar-refractivity contribution is 6.30. The van der Waals surface area contributed by atoms with Gasteiger partial charge in [-0.25, -0.2) is 4.79 Å². The highest BCUT2D eigenvalue weighted by atomic mass is 35.5. The van der Waals surface area contributed by atoms with E-state index in [1.165, 1.54) is 0 Å². The lowest BCUT2D eigenvalue weighted by Gasteiger charge is -2.18. The molecule has 1 rings (SSSR count). The Bertz CT molecular complexity index is 462. The van der Waals surface area contributed by atoms with Crippen molar-refractivity contribution in [2.45, 2.75) is 32.9 Å². The average Bonchev–Trinajstić information content (AvgIpc) is 2.39. The minimum Gasteiger partial charge on any atom is -0.355 e. The summed E-state index contributed by atoms with van der Waals surface area (Å²) in [5.74, 6) is -0.207. The quantitative estimate of drug-likeness (QED) is 0.780. The lowest BCUT2D eigenvalue weighted by molar-refractivity contribution is -0.122. The Hall–Kier alpha value is -1.75. The zero-order valence-corrected chi connectivity index (χ0v) is 12.6. The molecule has 0 aliphatic carbocycles. The highest BCUT2D eigenvalue weighted by Gasteiger charge is 2.16. The van der Waals surface area contributed by atoms with Gasteiger partial charge in [0.05, 0.1) is 6.04 Å². The molecular weight excluding hydrogens is 278 g/mol. The molecule has 0 bridgehead atoms. The standard InChI is InChI=1S/C14H20ClN3O2/c1-4-16-13(19)10(3)18-14(20)17-9(2)11-5-7-12(15)8-6-11/h5-10H,4H2,1-3H3,(H,16,19)(H2,17,18,20)/t9-,10-/m0/s1. The molecule has 0 saturated carbocycles. The van der Waals surface area contributed by atoms with Gasteiger partial charge < -0.3 is 16.0 Å².